The summed E-state index contributed by atoms with van der Waals surface area (Å²) >= 11 is 0. The number of rotatable bonds is 8. The fourth-order valence-corrected chi connectivity index (χ4v) is 2.93. The van der Waals surface area contributed by atoms with Crippen LogP contribution in [0.3, 0.4) is 0 Å². The van der Waals surface area contributed by atoms with Crippen LogP contribution in [0.2, 0.25) is 0 Å². The summed E-state index contributed by atoms with van der Waals surface area (Å²) in [4.78, 5) is 24.3. The van der Waals surface area contributed by atoms with Gasteiger partial charge in [0.1, 0.15) is 5.75 Å². The Morgan fingerprint density at radius 3 is 2.30 bits per heavy atom. The highest BCUT2D eigenvalue weighted by Gasteiger charge is 2.13. The number of amides is 2. The highest BCUT2D eigenvalue weighted by Crippen LogP contribution is 2.29. The van der Waals surface area contributed by atoms with Crippen molar-refractivity contribution in [3.63, 3.8) is 0 Å². The molecule has 0 heterocycles. The van der Waals surface area contributed by atoms with E-state index in [1.54, 1.807) is 18.2 Å². The first-order chi connectivity index (χ1) is 14.2. The molecule has 0 spiro atoms. The molecule has 0 saturated heterocycles. The van der Waals surface area contributed by atoms with Gasteiger partial charge in [0.25, 0.3) is 11.8 Å². The molecule has 0 fully saturated rings. The smallest absolute Gasteiger partial charge is 0.276 e. The summed E-state index contributed by atoms with van der Waals surface area (Å²) in [6.07, 6.45) is -0.0248. The number of carbonyl (C=O) groups is 2. The molecule has 0 aromatic heterocycles. The third-order valence-electron chi connectivity index (χ3n) is 4.34. The molecule has 2 rings (SSSR count). The van der Waals surface area contributed by atoms with Crippen LogP contribution in [0.15, 0.2) is 36.4 Å². The number of hydrogen-bond acceptors (Lipinski definition) is 5. The SMILES string of the molecule is COc1cc(C(=O)NNC(=O)COc2ccc(C(C)C)c(C)c2)ccc1OC(C)C. The Labute approximate surface area is 177 Å². The molecular formula is C23H30N2O5. The predicted octanol–water partition coefficient (Wildman–Crippen LogP) is 3.75. The molecule has 2 aromatic carbocycles. The van der Waals surface area contributed by atoms with E-state index in [-0.39, 0.29) is 12.7 Å². The fraction of sp³-hybridized carbons (Fsp3) is 0.391. The average molecular weight is 415 g/mol. The summed E-state index contributed by atoms with van der Waals surface area (Å²) in [5.74, 6) is 1.05. The molecule has 2 aromatic rings. The Balaban J connectivity index is 1.88. The van der Waals surface area contributed by atoms with E-state index < -0.39 is 11.8 Å². The van der Waals surface area contributed by atoms with Gasteiger partial charge in [0.2, 0.25) is 0 Å². The second-order valence-electron chi connectivity index (χ2n) is 7.50. The van der Waals surface area contributed by atoms with Gasteiger partial charge in [0.05, 0.1) is 13.2 Å². The zero-order valence-corrected chi connectivity index (χ0v) is 18.4. The second-order valence-corrected chi connectivity index (χ2v) is 7.50. The summed E-state index contributed by atoms with van der Waals surface area (Å²) in [5, 5.41) is 0. The van der Waals surface area contributed by atoms with Crippen molar-refractivity contribution in [2.24, 2.45) is 0 Å². The number of hydrazine groups is 1. The monoisotopic (exact) mass is 414 g/mol. The van der Waals surface area contributed by atoms with E-state index in [9.17, 15) is 9.59 Å². The number of hydrogen-bond donors (Lipinski definition) is 2. The van der Waals surface area contributed by atoms with Gasteiger partial charge in [-0.25, -0.2) is 0 Å². The third-order valence-corrected chi connectivity index (χ3v) is 4.34. The lowest BCUT2D eigenvalue weighted by Crippen LogP contribution is -2.43. The Bertz CT molecular complexity index is 893. The number of carbonyl (C=O) groups excluding carboxylic acids is 2. The van der Waals surface area contributed by atoms with E-state index in [4.69, 9.17) is 14.2 Å². The number of ether oxygens (including phenoxy) is 3. The Kier molecular flexibility index (Phi) is 8.09. The molecule has 7 heteroatoms. The number of aryl methyl sites for hydroxylation is 1. The van der Waals surface area contributed by atoms with Gasteiger partial charge >= 0.3 is 0 Å². The average Bonchev–Trinajstić information content (AvgIpc) is 2.70. The van der Waals surface area contributed by atoms with Crippen LogP contribution in [0.5, 0.6) is 17.2 Å². The summed E-state index contributed by atoms with van der Waals surface area (Å²) in [7, 11) is 1.50. The van der Waals surface area contributed by atoms with Crippen molar-refractivity contribution in [1.29, 1.82) is 0 Å². The topological polar surface area (TPSA) is 85.9 Å². The van der Waals surface area contributed by atoms with Crippen molar-refractivity contribution < 1.29 is 23.8 Å². The lowest BCUT2D eigenvalue weighted by atomic mass is 9.98. The molecule has 0 aliphatic rings. The molecule has 2 N–H and O–H groups in total. The molecule has 0 bridgehead atoms. The quantitative estimate of drug-likeness (QED) is 0.643. The van der Waals surface area contributed by atoms with Crippen LogP contribution in [-0.2, 0) is 4.79 Å². The zero-order chi connectivity index (χ0) is 22.3. The standard InChI is InChI=1S/C23H30N2O5/c1-14(2)19-9-8-18(11-16(19)5)29-13-22(26)24-25-23(27)17-7-10-20(30-15(3)4)21(12-17)28-6/h7-12,14-15H,13H2,1-6H3,(H,24,26)(H,25,27). The molecule has 0 aliphatic carbocycles. The molecule has 0 atom stereocenters. The van der Waals surface area contributed by atoms with Crippen molar-refractivity contribution in [1.82, 2.24) is 10.9 Å². The Morgan fingerprint density at radius 2 is 1.70 bits per heavy atom. The summed E-state index contributed by atoms with van der Waals surface area (Å²) < 4.78 is 16.4. The van der Waals surface area contributed by atoms with E-state index >= 15 is 0 Å². The molecule has 0 saturated carbocycles. The lowest BCUT2D eigenvalue weighted by Gasteiger charge is -2.15. The van der Waals surface area contributed by atoms with E-state index in [1.165, 1.54) is 12.7 Å². The van der Waals surface area contributed by atoms with Gasteiger partial charge in [-0.2, -0.15) is 0 Å². The number of nitrogens with one attached hydrogen (secondary N) is 2. The second kappa shape index (κ2) is 10.5. The molecule has 0 radical (unpaired) electrons. The lowest BCUT2D eigenvalue weighted by molar-refractivity contribution is -0.123. The van der Waals surface area contributed by atoms with Gasteiger partial charge in [-0.15, -0.1) is 0 Å². The minimum absolute atomic E-state index is 0.0248. The van der Waals surface area contributed by atoms with Crippen LogP contribution < -0.4 is 25.1 Å². The molecule has 30 heavy (non-hydrogen) atoms. The van der Waals surface area contributed by atoms with Crippen LogP contribution in [0.1, 0.15) is 55.1 Å². The third kappa shape index (κ3) is 6.40. The number of benzene rings is 2. The highest BCUT2D eigenvalue weighted by atomic mass is 16.5. The van der Waals surface area contributed by atoms with E-state index in [2.05, 4.69) is 24.7 Å². The van der Waals surface area contributed by atoms with Gasteiger partial charge in [-0.1, -0.05) is 19.9 Å². The van der Waals surface area contributed by atoms with Crippen LogP contribution in [0, 0.1) is 6.92 Å². The van der Waals surface area contributed by atoms with Gasteiger partial charge in [0, 0.05) is 5.56 Å². The van der Waals surface area contributed by atoms with Crippen molar-refractivity contribution in [2.45, 2.75) is 46.6 Å². The van der Waals surface area contributed by atoms with Crippen molar-refractivity contribution in [2.75, 3.05) is 13.7 Å². The molecule has 0 aliphatic heterocycles. The Morgan fingerprint density at radius 1 is 0.967 bits per heavy atom. The van der Waals surface area contributed by atoms with Gasteiger partial charge in [-0.05, 0) is 68.1 Å². The van der Waals surface area contributed by atoms with Gasteiger partial charge in [-0.3, -0.25) is 20.4 Å². The minimum atomic E-state index is -0.477. The first kappa shape index (κ1) is 23.1. The highest BCUT2D eigenvalue weighted by molar-refractivity contribution is 5.96. The first-order valence-electron chi connectivity index (χ1n) is 9.88. The number of methoxy groups -OCH3 is 1. The maximum atomic E-state index is 12.3. The van der Waals surface area contributed by atoms with Crippen LogP contribution in [0.25, 0.3) is 0 Å². The molecule has 0 unspecified atom stereocenters. The summed E-state index contributed by atoms with van der Waals surface area (Å²) in [6, 6.07) is 10.5. The predicted molar refractivity (Wildman–Crippen MR) is 115 cm³/mol. The van der Waals surface area contributed by atoms with Crippen molar-refractivity contribution in [3.05, 3.63) is 53.1 Å². The van der Waals surface area contributed by atoms with Crippen molar-refractivity contribution in [3.8, 4) is 17.2 Å². The van der Waals surface area contributed by atoms with Crippen molar-refractivity contribution >= 4 is 11.8 Å². The molecule has 162 valence electrons. The van der Waals surface area contributed by atoms with Crippen LogP contribution in [0.4, 0.5) is 0 Å². The summed E-state index contributed by atoms with van der Waals surface area (Å²) in [6.45, 7) is 9.84. The van der Waals surface area contributed by atoms with E-state index in [1.807, 2.05) is 39.0 Å². The molecular weight excluding hydrogens is 384 g/mol. The fourth-order valence-electron chi connectivity index (χ4n) is 2.93. The Hall–Kier alpha value is -3.22. The largest absolute Gasteiger partial charge is 0.493 e. The first-order valence-corrected chi connectivity index (χ1v) is 9.88. The maximum Gasteiger partial charge on any atom is 0.276 e. The minimum Gasteiger partial charge on any atom is -0.493 e. The van der Waals surface area contributed by atoms with Crippen LogP contribution >= 0.6 is 0 Å². The zero-order valence-electron chi connectivity index (χ0n) is 18.4. The normalized spacial score (nSPS) is 10.7. The molecule has 7 nitrogen and oxygen atoms in total. The van der Waals surface area contributed by atoms with E-state index in [0.717, 1.165) is 5.56 Å². The van der Waals surface area contributed by atoms with E-state index in [0.29, 0.717) is 28.7 Å². The van der Waals surface area contributed by atoms with Crippen LogP contribution in [-0.4, -0.2) is 31.6 Å². The van der Waals surface area contributed by atoms with Gasteiger partial charge < -0.3 is 14.2 Å². The molecule has 2 amide bonds. The summed E-state index contributed by atoms with van der Waals surface area (Å²) in [5.41, 5.74) is 7.38. The van der Waals surface area contributed by atoms with Gasteiger partial charge in [0.15, 0.2) is 18.1 Å². The maximum absolute atomic E-state index is 12.3.